The average molecular weight is 370 g/mol. The van der Waals surface area contributed by atoms with Crippen molar-refractivity contribution in [2.24, 2.45) is 0 Å². The molecule has 1 fully saturated rings. The van der Waals surface area contributed by atoms with E-state index in [0.717, 1.165) is 18.5 Å². The first-order valence-corrected chi connectivity index (χ1v) is 9.08. The van der Waals surface area contributed by atoms with Gasteiger partial charge in [0.2, 0.25) is 0 Å². The SMILES string of the molecule is COc1cc(F)c(C(C)NC(=O)N2CC3(CC3)c3ccccc32)cc1OC. The van der Waals surface area contributed by atoms with E-state index in [4.69, 9.17) is 9.47 Å². The van der Waals surface area contributed by atoms with E-state index >= 15 is 0 Å². The van der Waals surface area contributed by atoms with Gasteiger partial charge in [0.15, 0.2) is 11.5 Å². The molecule has 1 spiro atoms. The molecule has 27 heavy (non-hydrogen) atoms. The van der Waals surface area contributed by atoms with Gasteiger partial charge in [0.25, 0.3) is 0 Å². The number of rotatable bonds is 4. The maximum Gasteiger partial charge on any atom is 0.322 e. The Morgan fingerprint density at radius 2 is 1.85 bits per heavy atom. The van der Waals surface area contributed by atoms with Crippen molar-refractivity contribution < 1.29 is 18.7 Å². The standard InChI is InChI=1S/C21H23FN2O3/c1-13(14-10-18(26-2)19(27-3)11-16(14)22)23-20(25)24-12-21(8-9-21)15-6-4-5-7-17(15)24/h4-7,10-11,13H,8-9,12H2,1-3H3,(H,23,25). The Hall–Kier alpha value is -2.76. The van der Waals surface area contributed by atoms with Gasteiger partial charge in [-0.25, -0.2) is 9.18 Å². The predicted octanol–water partition coefficient (Wildman–Crippen LogP) is 4.17. The first kappa shape index (κ1) is 17.6. The summed E-state index contributed by atoms with van der Waals surface area (Å²) in [7, 11) is 2.96. The van der Waals surface area contributed by atoms with Gasteiger partial charge in [0, 0.05) is 29.3 Å². The van der Waals surface area contributed by atoms with Gasteiger partial charge in [-0.05, 0) is 37.5 Å². The highest BCUT2D eigenvalue weighted by Gasteiger charge is 2.52. The molecular formula is C21H23FN2O3. The number of nitrogens with zero attached hydrogens (tertiary/aromatic N) is 1. The van der Waals surface area contributed by atoms with E-state index in [9.17, 15) is 9.18 Å². The first-order valence-electron chi connectivity index (χ1n) is 9.08. The predicted molar refractivity (Wildman–Crippen MR) is 101 cm³/mol. The maximum absolute atomic E-state index is 14.5. The summed E-state index contributed by atoms with van der Waals surface area (Å²) in [5, 5.41) is 2.92. The second kappa shape index (κ2) is 6.44. The Balaban J connectivity index is 1.56. The van der Waals surface area contributed by atoms with Crippen molar-refractivity contribution >= 4 is 11.7 Å². The van der Waals surface area contributed by atoms with E-state index in [1.54, 1.807) is 17.9 Å². The van der Waals surface area contributed by atoms with Crippen molar-refractivity contribution in [3.05, 3.63) is 53.3 Å². The minimum Gasteiger partial charge on any atom is -0.493 e. The summed E-state index contributed by atoms with van der Waals surface area (Å²) >= 11 is 0. The molecular weight excluding hydrogens is 347 g/mol. The third-order valence-corrected chi connectivity index (χ3v) is 5.64. The number of para-hydroxylation sites is 1. The van der Waals surface area contributed by atoms with E-state index in [2.05, 4.69) is 11.4 Å². The summed E-state index contributed by atoms with van der Waals surface area (Å²) < 4.78 is 24.9. The zero-order chi connectivity index (χ0) is 19.2. The van der Waals surface area contributed by atoms with Crippen LogP contribution in [-0.4, -0.2) is 26.8 Å². The van der Waals surface area contributed by atoms with Gasteiger partial charge in [-0.3, -0.25) is 4.90 Å². The quantitative estimate of drug-likeness (QED) is 0.879. The van der Waals surface area contributed by atoms with Crippen LogP contribution in [0.25, 0.3) is 0 Å². The van der Waals surface area contributed by atoms with Gasteiger partial charge >= 0.3 is 6.03 Å². The summed E-state index contributed by atoms with van der Waals surface area (Å²) in [5.41, 5.74) is 2.67. The van der Waals surface area contributed by atoms with Crippen molar-refractivity contribution in [1.29, 1.82) is 0 Å². The Bertz CT molecular complexity index is 895. The average Bonchev–Trinajstić information content (AvgIpc) is 3.38. The number of fused-ring (bicyclic) bond motifs is 2. The molecule has 0 saturated heterocycles. The van der Waals surface area contributed by atoms with Crippen LogP contribution in [0.5, 0.6) is 11.5 Å². The van der Waals surface area contributed by atoms with Crippen LogP contribution < -0.4 is 19.7 Å². The Morgan fingerprint density at radius 1 is 1.19 bits per heavy atom. The summed E-state index contributed by atoms with van der Waals surface area (Å²) in [4.78, 5) is 14.7. The molecule has 1 N–H and O–H groups in total. The number of nitrogens with one attached hydrogen (secondary N) is 1. The van der Waals surface area contributed by atoms with E-state index in [0.29, 0.717) is 23.6 Å². The molecule has 6 heteroatoms. The molecule has 1 heterocycles. The molecule has 1 unspecified atom stereocenters. The molecule has 142 valence electrons. The summed E-state index contributed by atoms with van der Waals surface area (Å²) in [6.45, 7) is 2.44. The number of anilines is 1. The van der Waals surface area contributed by atoms with Crippen LogP contribution in [0.1, 0.15) is 36.9 Å². The molecule has 2 aliphatic rings. The monoisotopic (exact) mass is 370 g/mol. The van der Waals surface area contributed by atoms with E-state index in [-0.39, 0.29) is 11.4 Å². The minimum absolute atomic E-state index is 0.117. The highest BCUT2D eigenvalue weighted by molar-refractivity contribution is 5.95. The second-order valence-corrected chi connectivity index (χ2v) is 7.28. The van der Waals surface area contributed by atoms with Gasteiger partial charge in [0.05, 0.1) is 20.3 Å². The fraction of sp³-hybridized carbons (Fsp3) is 0.381. The third-order valence-electron chi connectivity index (χ3n) is 5.64. The Kier molecular flexibility index (Phi) is 4.21. The summed E-state index contributed by atoms with van der Waals surface area (Å²) in [5.74, 6) is 0.306. The molecule has 2 aromatic rings. The fourth-order valence-electron chi connectivity index (χ4n) is 3.93. The lowest BCUT2D eigenvalue weighted by molar-refractivity contribution is 0.243. The van der Waals surface area contributed by atoms with Crippen molar-refractivity contribution in [2.45, 2.75) is 31.2 Å². The number of hydrogen-bond acceptors (Lipinski definition) is 3. The molecule has 5 nitrogen and oxygen atoms in total. The number of carbonyl (C=O) groups excluding carboxylic acids is 1. The third kappa shape index (κ3) is 2.89. The van der Waals surface area contributed by atoms with E-state index in [1.165, 1.54) is 25.8 Å². The molecule has 0 radical (unpaired) electrons. The smallest absolute Gasteiger partial charge is 0.322 e. The Labute approximate surface area is 158 Å². The van der Waals surface area contributed by atoms with Crippen LogP contribution in [0.15, 0.2) is 36.4 Å². The lowest BCUT2D eigenvalue weighted by atomic mass is 9.99. The fourth-order valence-corrected chi connectivity index (χ4v) is 3.93. The van der Waals surface area contributed by atoms with Crippen molar-refractivity contribution in [3.63, 3.8) is 0 Å². The molecule has 1 saturated carbocycles. The van der Waals surface area contributed by atoms with Crippen molar-refractivity contribution in [3.8, 4) is 11.5 Å². The van der Waals surface area contributed by atoms with Crippen LogP contribution in [0.3, 0.4) is 0 Å². The molecule has 0 bridgehead atoms. The number of halogens is 1. The normalized spacial score (nSPS) is 17.4. The molecule has 1 aliphatic heterocycles. The molecule has 0 aromatic heterocycles. The van der Waals surface area contributed by atoms with Gasteiger partial charge in [0.1, 0.15) is 5.82 Å². The lowest BCUT2D eigenvalue weighted by Crippen LogP contribution is -2.41. The summed E-state index contributed by atoms with van der Waals surface area (Å²) in [6, 6.07) is 10.2. The van der Waals surface area contributed by atoms with Crippen LogP contribution in [0, 0.1) is 5.82 Å². The molecule has 2 aromatic carbocycles. The number of benzene rings is 2. The van der Waals surface area contributed by atoms with Gasteiger partial charge in [-0.2, -0.15) is 0 Å². The van der Waals surface area contributed by atoms with E-state index < -0.39 is 11.9 Å². The highest BCUT2D eigenvalue weighted by atomic mass is 19.1. The molecule has 1 aliphatic carbocycles. The van der Waals surface area contributed by atoms with E-state index in [1.807, 2.05) is 18.2 Å². The van der Waals surface area contributed by atoms with Crippen molar-refractivity contribution in [2.75, 3.05) is 25.7 Å². The molecule has 1 atom stereocenters. The second-order valence-electron chi connectivity index (χ2n) is 7.28. The topological polar surface area (TPSA) is 50.8 Å². The van der Waals surface area contributed by atoms with Gasteiger partial charge in [-0.15, -0.1) is 0 Å². The number of ether oxygens (including phenoxy) is 2. The maximum atomic E-state index is 14.5. The zero-order valence-electron chi connectivity index (χ0n) is 15.7. The number of carbonyl (C=O) groups is 1. The van der Waals surface area contributed by atoms with Crippen LogP contribution in [0.2, 0.25) is 0 Å². The Morgan fingerprint density at radius 3 is 2.52 bits per heavy atom. The number of hydrogen-bond donors (Lipinski definition) is 1. The molecule has 2 amide bonds. The number of urea groups is 1. The number of amides is 2. The molecule has 4 rings (SSSR count). The van der Waals surface area contributed by atoms with Crippen LogP contribution >= 0.6 is 0 Å². The zero-order valence-corrected chi connectivity index (χ0v) is 15.7. The number of methoxy groups -OCH3 is 2. The minimum atomic E-state index is -0.514. The van der Waals surface area contributed by atoms with Crippen molar-refractivity contribution in [1.82, 2.24) is 5.32 Å². The first-order chi connectivity index (χ1) is 13.0. The van der Waals surface area contributed by atoms with Gasteiger partial charge in [-0.1, -0.05) is 18.2 Å². The van der Waals surface area contributed by atoms with Gasteiger partial charge < -0.3 is 14.8 Å². The lowest BCUT2D eigenvalue weighted by Gasteiger charge is -2.23. The highest BCUT2D eigenvalue weighted by Crippen LogP contribution is 2.56. The van der Waals surface area contributed by atoms with Crippen LogP contribution in [-0.2, 0) is 5.41 Å². The largest absolute Gasteiger partial charge is 0.493 e. The summed E-state index contributed by atoms with van der Waals surface area (Å²) in [6.07, 6.45) is 2.21. The van der Waals surface area contributed by atoms with Crippen LogP contribution in [0.4, 0.5) is 14.9 Å².